The zero-order chi connectivity index (χ0) is 23.7. The molecule has 1 aliphatic carbocycles. The zero-order valence-corrected chi connectivity index (χ0v) is 18.3. The van der Waals surface area contributed by atoms with E-state index >= 15 is 0 Å². The van der Waals surface area contributed by atoms with Crippen LogP contribution >= 0.6 is 0 Å². The first-order valence-corrected chi connectivity index (χ1v) is 11.0. The molecule has 1 aromatic heterocycles. The number of ether oxygens (including phenoxy) is 3. The lowest BCUT2D eigenvalue weighted by atomic mass is 10.1. The normalized spacial score (nSPS) is 21.6. The number of esters is 1. The second-order valence-electron chi connectivity index (χ2n) is 7.31. The second kappa shape index (κ2) is 9.16. The molecule has 9 nitrogen and oxygen atoms in total. The highest BCUT2D eigenvalue weighted by atomic mass is 32.2. The van der Waals surface area contributed by atoms with E-state index in [-0.39, 0.29) is 25.1 Å². The number of hydrogen-bond donors (Lipinski definition) is 0. The Labute approximate surface area is 182 Å². The van der Waals surface area contributed by atoms with Crippen molar-refractivity contribution in [3.05, 3.63) is 35.7 Å². The van der Waals surface area contributed by atoms with Crippen LogP contribution in [0.1, 0.15) is 24.1 Å². The van der Waals surface area contributed by atoms with E-state index in [4.69, 9.17) is 9.47 Å². The van der Waals surface area contributed by atoms with Crippen LogP contribution in [0.4, 0.5) is 13.2 Å². The maximum absolute atomic E-state index is 13.9. The van der Waals surface area contributed by atoms with Gasteiger partial charge in [0.25, 0.3) is 0 Å². The Hall–Kier alpha value is -2.51. The highest BCUT2D eigenvalue weighted by molar-refractivity contribution is 7.92. The number of nitrogens with zero attached hydrogens (tertiary/aromatic N) is 3. The van der Waals surface area contributed by atoms with E-state index in [2.05, 4.69) is 15.0 Å². The third-order valence-corrected chi connectivity index (χ3v) is 7.61. The third kappa shape index (κ3) is 4.64. The van der Waals surface area contributed by atoms with Gasteiger partial charge in [0, 0.05) is 14.2 Å². The molecule has 176 valence electrons. The Morgan fingerprint density at radius 3 is 2.53 bits per heavy atom. The number of sulfone groups is 1. The van der Waals surface area contributed by atoms with Gasteiger partial charge in [0.1, 0.15) is 5.69 Å². The Bertz CT molecular complexity index is 1090. The summed E-state index contributed by atoms with van der Waals surface area (Å²) in [5.41, 5.74) is -0.947. The van der Waals surface area contributed by atoms with Crippen LogP contribution in [0.15, 0.2) is 29.3 Å². The summed E-state index contributed by atoms with van der Waals surface area (Å²) in [5.74, 6) is -1.55. The molecule has 0 saturated heterocycles. The maximum atomic E-state index is 13.9. The molecule has 0 aliphatic heterocycles. The average molecular weight is 477 g/mol. The molecule has 0 spiro atoms. The Morgan fingerprint density at radius 2 is 1.94 bits per heavy atom. The molecule has 1 aliphatic rings. The van der Waals surface area contributed by atoms with Crippen LogP contribution in [0, 0.1) is 5.92 Å². The standard InChI is InChI=1S/C19H22F3N3O6S/c1-29-10-11-9-25(24-23-11)12-4-5-17(15(6-12)19(20,21)22)32(27,28)13-7-14(18(26)31-3)16(8-13)30-2/h4-6,9,13-14,16H,7-8,10H2,1-3H3/t13-,14-,16-/m0/s1. The van der Waals surface area contributed by atoms with Gasteiger partial charge in [-0.15, -0.1) is 5.10 Å². The first kappa shape index (κ1) is 24.1. The fourth-order valence-electron chi connectivity index (χ4n) is 3.82. The van der Waals surface area contributed by atoms with Crippen molar-refractivity contribution < 1.29 is 40.6 Å². The minimum Gasteiger partial charge on any atom is -0.469 e. The highest BCUT2D eigenvalue weighted by Gasteiger charge is 2.48. The predicted octanol–water partition coefficient (Wildman–Crippen LogP) is 2.17. The molecule has 0 amide bonds. The summed E-state index contributed by atoms with van der Waals surface area (Å²) in [6.07, 6.45) is -4.66. The van der Waals surface area contributed by atoms with Gasteiger partial charge in [-0.25, -0.2) is 13.1 Å². The zero-order valence-electron chi connectivity index (χ0n) is 17.5. The van der Waals surface area contributed by atoms with Crippen LogP contribution in [0.2, 0.25) is 0 Å². The van der Waals surface area contributed by atoms with Crippen LogP contribution in [-0.4, -0.2) is 62.1 Å². The van der Waals surface area contributed by atoms with Crippen molar-refractivity contribution in [1.29, 1.82) is 0 Å². The fourth-order valence-corrected chi connectivity index (χ4v) is 5.82. The van der Waals surface area contributed by atoms with Crippen molar-refractivity contribution in [3.63, 3.8) is 0 Å². The number of aromatic nitrogens is 3. The molecule has 32 heavy (non-hydrogen) atoms. The lowest BCUT2D eigenvalue weighted by Gasteiger charge is -2.18. The Morgan fingerprint density at radius 1 is 1.22 bits per heavy atom. The Kier molecular flexibility index (Phi) is 6.91. The molecule has 0 radical (unpaired) electrons. The third-order valence-electron chi connectivity index (χ3n) is 5.38. The minimum absolute atomic E-state index is 0.0141. The molecule has 3 rings (SSSR count). The van der Waals surface area contributed by atoms with Gasteiger partial charge in [0.15, 0.2) is 9.84 Å². The summed E-state index contributed by atoms with van der Waals surface area (Å²) >= 11 is 0. The van der Waals surface area contributed by atoms with Gasteiger partial charge in [-0.05, 0) is 31.0 Å². The van der Waals surface area contributed by atoms with Crippen molar-refractivity contribution in [2.24, 2.45) is 5.92 Å². The number of carbonyl (C=O) groups is 1. The number of carbonyl (C=O) groups excluding carboxylic acids is 1. The van der Waals surface area contributed by atoms with Crippen molar-refractivity contribution >= 4 is 15.8 Å². The van der Waals surface area contributed by atoms with Crippen LogP contribution in [0.3, 0.4) is 0 Å². The first-order valence-electron chi connectivity index (χ1n) is 9.49. The topological polar surface area (TPSA) is 110 Å². The maximum Gasteiger partial charge on any atom is 0.417 e. The second-order valence-corrected chi connectivity index (χ2v) is 9.50. The van der Waals surface area contributed by atoms with Crippen LogP contribution < -0.4 is 0 Å². The predicted molar refractivity (Wildman–Crippen MR) is 104 cm³/mol. The molecule has 1 heterocycles. The van der Waals surface area contributed by atoms with Gasteiger partial charge < -0.3 is 14.2 Å². The van der Waals surface area contributed by atoms with Gasteiger partial charge in [0.05, 0.1) is 53.3 Å². The van der Waals surface area contributed by atoms with Gasteiger partial charge in [-0.1, -0.05) is 5.21 Å². The number of halogens is 3. The molecule has 0 bridgehead atoms. The van der Waals surface area contributed by atoms with Gasteiger partial charge in [-0.2, -0.15) is 13.2 Å². The van der Waals surface area contributed by atoms with E-state index in [9.17, 15) is 26.4 Å². The molecule has 2 aromatic rings. The molecule has 0 N–H and O–H groups in total. The van der Waals surface area contributed by atoms with E-state index in [1.807, 2.05) is 0 Å². The monoisotopic (exact) mass is 477 g/mol. The molecule has 13 heteroatoms. The lowest BCUT2D eigenvalue weighted by molar-refractivity contribution is -0.149. The summed E-state index contributed by atoms with van der Waals surface area (Å²) in [7, 11) is -0.553. The molecular formula is C19H22F3N3O6S. The fraction of sp³-hybridized carbons (Fsp3) is 0.526. The highest BCUT2D eigenvalue weighted by Crippen LogP contribution is 2.41. The van der Waals surface area contributed by atoms with E-state index in [0.29, 0.717) is 11.8 Å². The number of alkyl halides is 3. The van der Waals surface area contributed by atoms with Crippen LogP contribution in [-0.2, 0) is 41.6 Å². The summed E-state index contributed by atoms with van der Waals surface area (Å²) in [6.45, 7) is 0.113. The van der Waals surface area contributed by atoms with Gasteiger partial charge in [0.2, 0.25) is 0 Å². The summed E-state index contributed by atoms with van der Waals surface area (Å²) in [4.78, 5) is 11.1. The number of hydrogen-bond acceptors (Lipinski definition) is 8. The van der Waals surface area contributed by atoms with E-state index in [1.165, 1.54) is 26.5 Å². The summed E-state index contributed by atoms with van der Waals surface area (Å²) in [6, 6.07) is 2.82. The smallest absolute Gasteiger partial charge is 0.417 e. The summed E-state index contributed by atoms with van der Waals surface area (Å²) < 4.78 is 83.9. The summed E-state index contributed by atoms with van der Waals surface area (Å²) in [5, 5.41) is 6.32. The quantitative estimate of drug-likeness (QED) is 0.558. The van der Waals surface area contributed by atoms with Crippen molar-refractivity contribution in [2.75, 3.05) is 21.3 Å². The average Bonchev–Trinajstić information content (AvgIpc) is 3.40. The molecule has 1 aromatic carbocycles. The lowest BCUT2D eigenvalue weighted by Crippen LogP contribution is -2.25. The number of methoxy groups -OCH3 is 3. The van der Waals surface area contributed by atoms with E-state index in [1.54, 1.807) is 0 Å². The van der Waals surface area contributed by atoms with Crippen molar-refractivity contribution in [1.82, 2.24) is 15.0 Å². The first-order chi connectivity index (χ1) is 15.0. The molecule has 3 atom stereocenters. The molecule has 0 unspecified atom stereocenters. The number of rotatable bonds is 7. The van der Waals surface area contributed by atoms with Crippen LogP contribution in [0.5, 0.6) is 0 Å². The van der Waals surface area contributed by atoms with E-state index < -0.39 is 49.7 Å². The van der Waals surface area contributed by atoms with Gasteiger partial charge in [-0.3, -0.25) is 4.79 Å². The van der Waals surface area contributed by atoms with Crippen LogP contribution in [0.25, 0.3) is 5.69 Å². The van der Waals surface area contributed by atoms with Gasteiger partial charge >= 0.3 is 12.1 Å². The molecular weight excluding hydrogens is 455 g/mol. The Balaban J connectivity index is 2.01. The SMILES string of the molecule is COCc1cn(-c2ccc(S(=O)(=O)[C@@H]3C[C@H](OC)[C@@H](C(=O)OC)C3)c(C(F)(F)F)c2)nn1. The minimum atomic E-state index is -4.95. The molecule has 1 fully saturated rings. The largest absolute Gasteiger partial charge is 0.469 e. The number of benzene rings is 1. The van der Waals surface area contributed by atoms with Crippen molar-refractivity contribution in [3.8, 4) is 5.69 Å². The molecule has 1 saturated carbocycles. The van der Waals surface area contributed by atoms with Crippen molar-refractivity contribution in [2.45, 2.75) is 41.9 Å². The van der Waals surface area contributed by atoms with E-state index in [0.717, 1.165) is 17.9 Å².